The number of fused-ring (bicyclic) bond motifs is 1. The lowest BCUT2D eigenvalue weighted by Crippen LogP contribution is -2.31. The van der Waals surface area contributed by atoms with Gasteiger partial charge in [-0.05, 0) is 40.7 Å². The third-order valence-electron chi connectivity index (χ3n) is 4.05. The van der Waals surface area contributed by atoms with Crippen LogP contribution < -0.4 is 5.32 Å². The van der Waals surface area contributed by atoms with Crippen LogP contribution in [-0.4, -0.2) is 35.1 Å². The molecule has 0 amide bonds. The summed E-state index contributed by atoms with van der Waals surface area (Å²) in [6.07, 6.45) is 1.29. The highest BCUT2D eigenvalue weighted by Gasteiger charge is 2.67. The summed E-state index contributed by atoms with van der Waals surface area (Å²) >= 11 is 0. The van der Waals surface area contributed by atoms with Gasteiger partial charge < -0.3 is 5.32 Å². The Labute approximate surface area is 75.3 Å². The molecule has 0 aliphatic carbocycles. The van der Waals surface area contributed by atoms with Crippen molar-refractivity contribution in [3.05, 3.63) is 0 Å². The van der Waals surface area contributed by atoms with Gasteiger partial charge in [0, 0.05) is 23.7 Å². The maximum Gasteiger partial charge on any atom is 0.0493 e. The highest BCUT2D eigenvalue weighted by Crippen LogP contribution is 2.53. The second-order valence-electron chi connectivity index (χ2n) is 5.02. The predicted molar refractivity (Wildman–Crippen MR) is 51.3 cm³/mol. The second-order valence-corrected chi connectivity index (χ2v) is 5.02. The predicted octanol–water partition coefficient (Wildman–Crippen LogP) is 1.22. The van der Waals surface area contributed by atoms with Gasteiger partial charge in [-0.15, -0.1) is 0 Å². The molecule has 2 fully saturated rings. The third kappa shape index (κ3) is 0.826. The molecule has 2 aliphatic heterocycles. The van der Waals surface area contributed by atoms with Gasteiger partial charge in [0.15, 0.2) is 0 Å². The van der Waals surface area contributed by atoms with E-state index in [0.29, 0.717) is 11.1 Å². The van der Waals surface area contributed by atoms with E-state index in [0.717, 1.165) is 12.6 Å². The summed E-state index contributed by atoms with van der Waals surface area (Å²) in [5.41, 5.74) is 0.836. The largest absolute Gasteiger partial charge is 0.315 e. The Balaban J connectivity index is 2.21. The molecule has 3 atom stereocenters. The average molecular weight is 168 g/mol. The molecule has 2 rings (SSSR count). The number of nitrogens with one attached hydrogen (secondary N) is 1. The van der Waals surface area contributed by atoms with Crippen LogP contribution in [0.4, 0.5) is 0 Å². The lowest BCUT2D eigenvalue weighted by atomic mass is 9.98. The first-order valence-corrected chi connectivity index (χ1v) is 5.00. The zero-order valence-electron chi connectivity index (χ0n) is 8.65. The summed E-state index contributed by atoms with van der Waals surface area (Å²) in [5.74, 6) is 0. The maximum absolute atomic E-state index is 3.52. The molecule has 0 aromatic heterocycles. The third-order valence-corrected chi connectivity index (χ3v) is 4.05. The molecule has 0 radical (unpaired) electrons. The van der Waals surface area contributed by atoms with Gasteiger partial charge >= 0.3 is 0 Å². The fourth-order valence-electron chi connectivity index (χ4n) is 2.97. The van der Waals surface area contributed by atoms with E-state index in [2.05, 4.69) is 37.9 Å². The van der Waals surface area contributed by atoms with Crippen LogP contribution in [0.25, 0.3) is 0 Å². The molecule has 2 saturated heterocycles. The molecule has 0 aromatic carbocycles. The highest BCUT2D eigenvalue weighted by molar-refractivity contribution is 5.25. The van der Waals surface area contributed by atoms with Crippen molar-refractivity contribution in [2.24, 2.45) is 0 Å². The van der Waals surface area contributed by atoms with Crippen molar-refractivity contribution in [1.82, 2.24) is 10.2 Å². The van der Waals surface area contributed by atoms with Gasteiger partial charge in [0.25, 0.3) is 0 Å². The minimum Gasteiger partial charge on any atom is -0.315 e. The zero-order chi connectivity index (χ0) is 8.98. The van der Waals surface area contributed by atoms with Crippen LogP contribution in [0.15, 0.2) is 0 Å². The van der Waals surface area contributed by atoms with Crippen molar-refractivity contribution in [3.63, 3.8) is 0 Å². The first kappa shape index (κ1) is 8.52. The van der Waals surface area contributed by atoms with Gasteiger partial charge in [-0.3, -0.25) is 4.90 Å². The second kappa shape index (κ2) is 2.24. The Kier molecular flexibility index (Phi) is 1.59. The number of hydrogen-bond acceptors (Lipinski definition) is 2. The minimum atomic E-state index is 0.417. The van der Waals surface area contributed by atoms with Gasteiger partial charge in [0.1, 0.15) is 0 Å². The van der Waals surface area contributed by atoms with Gasteiger partial charge in [-0.2, -0.15) is 0 Å². The standard InChI is InChI=1S/C10H20N2/c1-8-5-6-11-7-10(4)9(2,3)12(8)10/h8,11H,5-7H2,1-4H3. The van der Waals surface area contributed by atoms with E-state index in [4.69, 9.17) is 0 Å². The highest BCUT2D eigenvalue weighted by atomic mass is 15.5. The molecule has 2 nitrogen and oxygen atoms in total. The number of hydrogen-bond donors (Lipinski definition) is 1. The van der Waals surface area contributed by atoms with E-state index in [1.807, 2.05) is 0 Å². The molecule has 1 N–H and O–H groups in total. The lowest BCUT2D eigenvalue weighted by Gasteiger charge is -2.14. The van der Waals surface area contributed by atoms with E-state index in [1.165, 1.54) is 13.0 Å². The summed E-state index contributed by atoms with van der Waals surface area (Å²) in [5, 5.41) is 3.52. The fraction of sp³-hybridized carbons (Fsp3) is 1.00. The normalized spacial score (nSPS) is 51.0. The molecule has 0 spiro atoms. The Morgan fingerprint density at radius 1 is 1.33 bits per heavy atom. The molecule has 2 heterocycles. The van der Waals surface area contributed by atoms with Crippen molar-refractivity contribution in [2.45, 2.75) is 51.2 Å². The van der Waals surface area contributed by atoms with Gasteiger partial charge in [-0.1, -0.05) is 0 Å². The average Bonchev–Trinajstić information content (AvgIpc) is 2.45. The molecule has 0 saturated carbocycles. The molecular weight excluding hydrogens is 148 g/mol. The van der Waals surface area contributed by atoms with Crippen LogP contribution in [0.1, 0.15) is 34.1 Å². The smallest absolute Gasteiger partial charge is 0.0493 e. The minimum absolute atomic E-state index is 0.417. The van der Waals surface area contributed by atoms with Gasteiger partial charge in [-0.25, -0.2) is 0 Å². The number of nitrogens with zero attached hydrogens (tertiary/aromatic N) is 1. The van der Waals surface area contributed by atoms with Crippen LogP contribution in [0.3, 0.4) is 0 Å². The Bertz CT molecular complexity index is 200. The van der Waals surface area contributed by atoms with Crippen molar-refractivity contribution < 1.29 is 0 Å². The van der Waals surface area contributed by atoms with Gasteiger partial charge in [0.2, 0.25) is 0 Å². The quantitative estimate of drug-likeness (QED) is 0.547. The van der Waals surface area contributed by atoms with Crippen LogP contribution in [0.2, 0.25) is 0 Å². The van der Waals surface area contributed by atoms with E-state index < -0.39 is 0 Å². The monoisotopic (exact) mass is 168 g/mol. The van der Waals surface area contributed by atoms with Crippen molar-refractivity contribution in [2.75, 3.05) is 13.1 Å². The van der Waals surface area contributed by atoms with Crippen molar-refractivity contribution in [3.8, 4) is 0 Å². The SMILES string of the molecule is CC1CCNCC2(C)N1C2(C)C. The summed E-state index contributed by atoms with van der Waals surface area (Å²) < 4.78 is 0. The molecule has 2 aliphatic rings. The molecule has 2 heteroatoms. The summed E-state index contributed by atoms with van der Waals surface area (Å²) in [4.78, 5) is 2.65. The fourth-order valence-corrected chi connectivity index (χ4v) is 2.97. The Morgan fingerprint density at radius 3 is 2.67 bits per heavy atom. The molecule has 0 bridgehead atoms. The molecule has 12 heavy (non-hydrogen) atoms. The zero-order valence-corrected chi connectivity index (χ0v) is 8.65. The lowest BCUT2D eigenvalue weighted by molar-refractivity contribution is 0.323. The first-order chi connectivity index (χ1) is 5.50. The van der Waals surface area contributed by atoms with Crippen LogP contribution >= 0.6 is 0 Å². The van der Waals surface area contributed by atoms with Crippen molar-refractivity contribution in [1.29, 1.82) is 0 Å². The van der Waals surface area contributed by atoms with Gasteiger partial charge in [0.05, 0.1) is 0 Å². The topological polar surface area (TPSA) is 15.0 Å². The molecule has 3 unspecified atom stereocenters. The van der Waals surface area contributed by atoms with Crippen LogP contribution in [0.5, 0.6) is 0 Å². The van der Waals surface area contributed by atoms with Crippen LogP contribution in [-0.2, 0) is 0 Å². The summed E-state index contributed by atoms with van der Waals surface area (Å²) in [6.45, 7) is 11.8. The maximum atomic E-state index is 3.52. The summed E-state index contributed by atoms with van der Waals surface area (Å²) in [7, 11) is 0. The van der Waals surface area contributed by atoms with E-state index in [9.17, 15) is 0 Å². The number of rotatable bonds is 0. The van der Waals surface area contributed by atoms with Crippen molar-refractivity contribution >= 4 is 0 Å². The van der Waals surface area contributed by atoms with E-state index in [-0.39, 0.29) is 0 Å². The van der Waals surface area contributed by atoms with E-state index >= 15 is 0 Å². The van der Waals surface area contributed by atoms with Crippen LogP contribution in [0, 0.1) is 0 Å². The Morgan fingerprint density at radius 2 is 2.00 bits per heavy atom. The molecule has 70 valence electrons. The molecular formula is C10H20N2. The first-order valence-electron chi connectivity index (χ1n) is 5.00. The summed E-state index contributed by atoms with van der Waals surface area (Å²) in [6, 6.07) is 0.750. The van der Waals surface area contributed by atoms with E-state index in [1.54, 1.807) is 0 Å². The molecule has 0 aromatic rings. The Hall–Kier alpha value is -0.0800.